The number of carbonyl (C=O) groups is 2. The average Bonchev–Trinajstić information content (AvgIpc) is 3.00. The fourth-order valence-electron chi connectivity index (χ4n) is 4.54. The second-order valence-electron chi connectivity index (χ2n) is 9.92. The molecule has 0 fully saturated rings. The molecule has 1 amide bonds. The van der Waals surface area contributed by atoms with Crippen molar-refractivity contribution in [3.8, 4) is 11.5 Å². The Morgan fingerprint density at radius 1 is 0.732 bits per heavy atom. The van der Waals surface area contributed by atoms with Crippen LogP contribution in [-0.4, -0.2) is 24.5 Å². The molecule has 0 aromatic heterocycles. The lowest BCUT2D eigenvalue weighted by Crippen LogP contribution is -2.43. The number of ether oxygens (including phenoxy) is 3. The third kappa shape index (κ3) is 9.24. The van der Waals surface area contributed by atoms with Gasteiger partial charge in [-0.05, 0) is 41.2 Å². The molecule has 0 saturated carbocycles. The first kappa shape index (κ1) is 29.4. The van der Waals surface area contributed by atoms with Gasteiger partial charge < -0.3 is 19.5 Å². The lowest BCUT2D eigenvalue weighted by molar-refractivity contribution is -0.147. The summed E-state index contributed by atoms with van der Waals surface area (Å²) in [5.74, 6) is 0.492. The van der Waals surface area contributed by atoms with Gasteiger partial charge in [-0.1, -0.05) is 104 Å². The minimum Gasteiger partial charge on any atom is -0.489 e. The van der Waals surface area contributed by atoms with Crippen LogP contribution in [0.15, 0.2) is 109 Å². The first-order valence-electron chi connectivity index (χ1n) is 14.0. The highest BCUT2D eigenvalue weighted by molar-refractivity contribution is 5.85. The molecule has 0 aliphatic carbocycles. The van der Waals surface area contributed by atoms with Crippen LogP contribution in [0.4, 0.5) is 0 Å². The molecule has 2 atom stereocenters. The molecule has 212 valence electrons. The van der Waals surface area contributed by atoms with E-state index in [1.807, 2.05) is 116 Å². The zero-order chi connectivity index (χ0) is 28.9. The van der Waals surface area contributed by atoms with Crippen molar-refractivity contribution in [3.05, 3.63) is 131 Å². The second-order valence-corrected chi connectivity index (χ2v) is 9.92. The van der Waals surface area contributed by atoms with Gasteiger partial charge in [-0.25, -0.2) is 4.79 Å². The monoisotopic (exact) mass is 551 g/mol. The highest BCUT2D eigenvalue weighted by Gasteiger charge is 2.24. The van der Waals surface area contributed by atoms with Gasteiger partial charge in [0.25, 0.3) is 0 Å². The fourth-order valence-corrected chi connectivity index (χ4v) is 4.54. The molecule has 0 heterocycles. The Labute approximate surface area is 242 Å². The van der Waals surface area contributed by atoms with Gasteiger partial charge in [0.1, 0.15) is 30.8 Å². The topological polar surface area (TPSA) is 73.9 Å². The average molecular weight is 552 g/mol. The minimum atomic E-state index is -0.764. The Kier molecular flexibility index (Phi) is 11.0. The molecule has 0 spiro atoms. The van der Waals surface area contributed by atoms with E-state index in [4.69, 9.17) is 14.2 Å². The van der Waals surface area contributed by atoms with Crippen LogP contribution < -0.4 is 14.8 Å². The summed E-state index contributed by atoms with van der Waals surface area (Å²) in [6, 6.07) is 34.5. The van der Waals surface area contributed by atoms with Crippen molar-refractivity contribution >= 4 is 11.9 Å². The maximum absolute atomic E-state index is 13.2. The zero-order valence-electron chi connectivity index (χ0n) is 23.6. The number of benzene rings is 4. The molecular formula is C35H37NO5. The Hall–Kier alpha value is -4.58. The summed E-state index contributed by atoms with van der Waals surface area (Å²) in [4.78, 5) is 25.8. The zero-order valence-corrected chi connectivity index (χ0v) is 23.6. The summed E-state index contributed by atoms with van der Waals surface area (Å²) < 4.78 is 17.6. The molecule has 6 nitrogen and oxygen atoms in total. The summed E-state index contributed by atoms with van der Waals surface area (Å²) in [6.07, 6.45) is 0.537. The first-order valence-corrected chi connectivity index (χ1v) is 14.0. The summed E-state index contributed by atoms with van der Waals surface area (Å²) >= 11 is 0. The number of hydrogen-bond acceptors (Lipinski definition) is 5. The number of carbonyl (C=O) groups excluding carboxylic acids is 2. The second kappa shape index (κ2) is 15.3. The Balaban J connectivity index is 1.47. The number of hydrogen-bond donors (Lipinski definition) is 1. The highest BCUT2D eigenvalue weighted by Crippen LogP contribution is 2.33. The summed E-state index contributed by atoms with van der Waals surface area (Å²) in [5, 5.41) is 2.90. The van der Waals surface area contributed by atoms with E-state index in [2.05, 4.69) is 5.32 Å². The molecule has 41 heavy (non-hydrogen) atoms. The van der Waals surface area contributed by atoms with E-state index in [9.17, 15) is 9.59 Å². The number of amides is 1. The molecule has 0 radical (unpaired) electrons. The lowest BCUT2D eigenvalue weighted by atomic mass is 9.95. The van der Waals surface area contributed by atoms with Crippen LogP contribution in [0.2, 0.25) is 0 Å². The van der Waals surface area contributed by atoms with E-state index in [0.717, 1.165) is 22.3 Å². The Bertz CT molecular complexity index is 1380. The van der Waals surface area contributed by atoms with E-state index >= 15 is 0 Å². The number of rotatable bonds is 14. The van der Waals surface area contributed by atoms with Gasteiger partial charge in [0.05, 0.1) is 6.61 Å². The normalized spacial score (nSPS) is 12.1. The molecule has 2 unspecified atom stereocenters. The van der Waals surface area contributed by atoms with Crippen LogP contribution in [0.3, 0.4) is 0 Å². The molecule has 1 N–H and O–H groups in total. The largest absolute Gasteiger partial charge is 0.489 e. The molecular weight excluding hydrogens is 514 g/mol. The van der Waals surface area contributed by atoms with Crippen LogP contribution in [0.5, 0.6) is 11.5 Å². The predicted molar refractivity (Wildman–Crippen MR) is 160 cm³/mol. The van der Waals surface area contributed by atoms with Crippen LogP contribution in [0, 0.1) is 0 Å². The molecule has 4 aromatic rings. The first-order chi connectivity index (χ1) is 20.0. The van der Waals surface area contributed by atoms with Crippen molar-refractivity contribution in [2.75, 3.05) is 6.61 Å². The summed E-state index contributed by atoms with van der Waals surface area (Å²) in [6.45, 7) is 4.80. The van der Waals surface area contributed by atoms with Gasteiger partial charge in [-0.15, -0.1) is 0 Å². The third-order valence-electron chi connectivity index (χ3n) is 6.68. The quantitative estimate of drug-likeness (QED) is 0.178. The van der Waals surface area contributed by atoms with Crippen molar-refractivity contribution in [2.45, 2.75) is 51.9 Å². The van der Waals surface area contributed by atoms with Crippen LogP contribution >= 0.6 is 0 Å². The van der Waals surface area contributed by atoms with E-state index < -0.39 is 12.0 Å². The molecule has 0 saturated heterocycles. The Morgan fingerprint density at radius 3 is 1.88 bits per heavy atom. The molecule has 4 aromatic carbocycles. The van der Waals surface area contributed by atoms with E-state index in [1.54, 1.807) is 6.92 Å². The van der Waals surface area contributed by atoms with Gasteiger partial charge in [0, 0.05) is 18.9 Å². The van der Waals surface area contributed by atoms with E-state index in [-0.39, 0.29) is 24.9 Å². The Morgan fingerprint density at radius 2 is 1.29 bits per heavy atom. The maximum atomic E-state index is 13.2. The predicted octanol–water partition coefficient (Wildman–Crippen LogP) is 6.63. The van der Waals surface area contributed by atoms with Gasteiger partial charge in [-0.2, -0.15) is 0 Å². The van der Waals surface area contributed by atoms with Crippen molar-refractivity contribution < 1.29 is 23.8 Å². The highest BCUT2D eigenvalue weighted by atomic mass is 16.5. The van der Waals surface area contributed by atoms with Crippen LogP contribution in [0.1, 0.15) is 48.4 Å². The number of nitrogens with one attached hydrogen (secondary N) is 1. The summed E-state index contributed by atoms with van der Waals surface area (Å²) in [5.41, 5.74) is 3.94. The molecule has 0 aliphatic rings. The van der Waals surface area contributed by atoms with Gasteiger partial charge in [-0.3, -0.25) is 4.79 Å². The van der Waals surface area contributed by atoms with Crippen molar-refractivity contribution in [3.63, 3.8) is 0 Å². The molecule has 0 bridgehead atoms. The van der Waals surface area contributed by atoms with Gasteiger partial charge in [0.15, 0.2) is 0 Å². The van der Waals surface area contributed by atoms with E-state index in [0.29, 0.717) is 31.1 Å². The van der Waals surface area contributed by atoms with Crippen LogP contribution in [0.25, 0.3) is 0 Å². The third-order valence-corrected chi connectivity index (χ3v) is 6.68. The standard InChI is InChI=1S/C35H37NO5/c1-3-39-35(38)32(22-27-13-7-4-8-14-27)36-34(37)21-26(2)31-20-19-30(40-24-28-15-9-5-10-16-28)23-33(31)41-25-29-17-11-6-12-18-29/h4-20,23,26,32H,3,21-22,24-25H2,1-2H3,(H,36,37). The van der Waals surface area contributed by atoms with E-state index in [1.165, 1.54) is 0 Å². The van der Waals surface area contributed by atoms with Crippen molar-refractivity contribution in [2.24, 2.45) is 0 Å². The molecule has 6 heteroatoms. The number of esters is 1. The lowest BCUT2D eigenvalue weighted by Gasteiger charge is -2.21. The fraction of sp³-hybridized carbons (Fsp3) is 0.257. The molecule has 4 rings (SSSR count). The van der Waals surface area contributed by atoms with Crippen molar-refractivity contribution in [1.29, 1.82) is 0 Å². The van der Waals surface area contributed by atoms with Gasteiger partial charge in [0.2, 0.25) is 5.91 Å². The van der Waals surface area contributed by atoms with Gasteiger partial charge >= 0.3 is 5.97 Å². The smallest absolute Gasteiger partial charge is 0.328 e. The summed E-state index contributed by atoms with van der Waals surface area (Å²) in [7, 11) is 0. The SMILES string of the molecule is CCOC(=O)C(Cc1ccccc1)NC(=O)CC(C)c1ccc(OCc2ccccc2)cc1OCc1ccccc1. The van der Waals surface area contributed by atoms with Crippen molar-refractivity contribution in [1.82, 2.24) is 5.32 Å². The minimum absolute atomic E-state index is 0.177. The molecule has 0 aliphatic heterocycles. The van der Waals surface area contributed by atoms with Crippen LogP contribution in [-0.2, 0) is 34.0 Å². The maximum Gasteiger partial charge on any atom is 0.328 e.